The van der Waals surface area contributed by atoms with Crippen LogP contribution in [0.15, 0.2) is 24.3 Å². The van der Waals surface area contributed by atoms with E-state index in [1.54, 1.807) is 0 Å². The van der Waals surface area contributed by atoms with Crippen molar-refractivity contribution < 1.29 is 4.79 Å². The standard InChI is InChI=1S/C16H19NO/c18-14-16-9-7-15(8-10-16)6-2-5-13-17-11-3-1-4-12-17/h7-10,14H,1,3-5,11-13H2. The summed E-state index contributed by atoms with van der Waals surface area (Å²) in [5.74, 6) is 6.35. The molecule has 1 fully saturated rings. The van der Waals surface area contributed by atoms with Crippen LogP contribution in [0.2, 0.25) is 0 Å². The number of piperidine rings is 1. The fourth-order valence-electron chi connectivity index (χ4n) is 2.21. The van der Waals surface area contributed by atoms with Gasteiger partial charge in [-0.2, -0.15) is 0 Å². The Balaban J connectivity index is 1.78. The molecule has 0 bridgehead atoms. The van der Waals surface area contributed by atoms with Crippen LogP contribution in [0.1, 0.15) is 41.6 Å². The van der Waals surface area contributed by atoms with Crippen molar-refractivity contribution in [3.05, 3.63) is 35.4 Å². The van der Waals surface area contributed by atoms with Crippen LogP contribution in [-0.2, 0) is 0 Å². The molecular weight excluding hydrogens is 222 g/mol. The number of hydrogen-bond donors (Lipinski definition) is 0. The fourth-order valence-corrected chi connectivity index (χ4v) is 2.21. The first-order valence-electron chi connectivity index (χ1n) is 6.65. The Labute approximate surface area is 109 Å². The number of rotatable bonds is 3. The van der Waals surface area contributed by atoms with E-state index in [0.717, 1.165) is 24.8 Å². The molecule has 0 saturated carbocycles. The Morgan fingerprint density at radius 3 is 2.50 bits per heavy atom. The Bertz CT molecular complexity index is 432. The van der Waals surface area contributed by atoms with Gasteiger partial charge in [-0.1, -0.05) is 30.4 Å². The Morgan fingerprint density at radius 1 is 1.11 bits per heavy atom. The molecule has 94 valence electrons. The van der Waals surface area contributed by atoms with Crippen molar-refractivity contribution in [2.24, 2.45) is 0 Å². The van der Waals surface area contributed by atoms with Gasteiger partial charge in [-0.3, -0.25) is 4.79 Å². The lowest BCUT2D eigenvalue weighted by Crippen LogP contribution is -2.30. The summed E-state index contributed by atoms with van der Waals surface area (Å²) in [6, 6.07) is 7.42. The molecule has 0 radical (unpaired) electrons. The molecule has 0 spiro atoms. The summed E-state index contributed by atoms with van der Waals surface area (Å²) in [6.07, 6.45) is 5.83. The van der Waals surface area contributed by atoms with Gasteiger partial charge in [0.15, 0.2) is 0 Å². The highest BCUT2D eigenvalue weighted by Crippen LogP contribution is 2.08. The largest absolute Gasteiger partial charge is 0.302 e. The van der Waals surface area contributed by atoms with Crippen molar-refractivity contribution >= 4 is 6.29 Å². The van der Waals surface area contributed by atoms with Crippen LogP contribution in [0.4, 0.5) is 0 Å². The number of aldehydes is 1. The average molecular weight is 241 g/mol. The first-order valence-corrected chi connectivity index (χ1v) is 6.65. The predicted molar refractivity (Wildman–Crippen MR) is 73.6 cm³/mol. The molecule has 2 nitrogen and oxygen atoms in total. The SMILES string of the molecule is O=Cc1ccc(C#CCCN2CCCCC2)cc1. The highest BCUT2D eigenvalue weighted by Gasteiger charge is 2.07. The zero-order valence-corrected chi connectivity index (χ0v) is 10.7. The Hall–Kier alpha value is -1.59. The lowest BCUT2D eigenvalue weighted by atomic mass is 10.1. The molecule has 1 aliphatic rings. The summed E-state index contributed by atoms with van der Waals surface area (Å²) in [4.78, 5) is 13.0. The van der Waals surface area contributed by atoms with E-state index in [9.17, 15) is 4.79 Å². The van der Waals surface area contributed by atoms with Gasteiger partial charge in [-0.25, -0.2) is 0 Å². The maximum Gasteiger partial charge on any atom is 0.150 e. The number of nitrogens with zero attached hydrogens (tertiary/aromatic N) is 1. The maximum absolute atomic E-state index is 10.5. The van der Waals surface area contributed by atoms with E-state index < -0.39 is 0 Å². The minimum absolute atomic E-state index is 0.703. The van der Waals surface area contributed by atoms with Gasteiger partial charge in [-0.05, 0) is 38.1 Å². The van der Waals surface area contributed by atoms with Gasteiger partial charge in [0.2, 0.25) is 0 Å². The van der Waals surface area contributed by atoms with Gasteiger partial charge < -0.3 is 4.90 Å². The molecular formula is C16H19NO. The van der Waals surface area contributed by atoms with Crippen LogP contribution >= 0.6 is 0 Å². The van der Waals surface area contributed by atoms with Crippen LogP contribution in [-0.4, -0.2) is 30.8 Å². The highest BCUT2D eigenvalue weighted by atomic mass is 16.1. The van der Waals surface area contributed by atoms with Crippen molar-refractivity contribution in [1.82, 2.24) is 4.90 Å². The van der Waals surface area contributed by atoms with Crippen LogP contribution < -0.4 is 0 Å². The number of likely N-dealkylation sites (tertiary alicyclic amines) is 1. The second-order valence-electron chi connectivity index (χ2n) is 4.69. The van der Waals surface area contributed by atoms with Crippen LogP contribution in [0.3, 0.4) is 0 Å². The predicted octanol–water partition coefficient (Wildman–Crippen LogP) is 2.73. The molecule has 18 heavy (non-hydrogen) atoms. The van der Waals surface area contributed by atoms with Gasteiger partial charge in [0.25, 0.3) is 0 Å². The lowest BCUT2D eigenvalue weighted by Gasteiger charge is -2.25. The van der Waals surface area contributed by atoms with Crippen molar-refractivity contribution in [1.29, 1.82) is 0 Å². The molecule has 0 aliphatic carbocycles. The third kappa shape index (κ3) is 4.01. The van der Waals surface area contributed by atoms with Crippen LogP contribution in [0.5, 0.6) is 0 Å². The van der Waals surface area contributed by atoms with E-state index in [2.05, 4.69) is 16.7 Å². The molecule has 1 heterocycles. The quantitative estimate of drug-likeness (QED) is 0.599. The van der Waals surface area contributed by atoms with Crippen molar-refractivity contribution in [3.63, 3.8) is 0 Å². The molecule has 0 amide bonds. The van der Waals surface area contributed by atoms with E-state index >= 15 is 0 Å². The van der Waals surface area contributed by atoms with Crippen LogP contribution in [0.25, 0.3) is 0 Å². The third-order valence-corrected chi connectivity index (χ3v) is 3.28. The Morgan fingerprint density at radius 2 is 1.83 bits per heavy atom. The molecule has 2 rings (SSSR count). The fraction of sp³-hybridized carbons (Fsp3) is 0.438. The molecule has 1 aromatic rings. The summed E-state index contributed by atoms with van der Waals surface area (Å²) < 4.78 is 0. The van der Waals surface area contributed by atoms with E-state index in [0.29, 0.717) is 5.56 Å². The topological polar surface area (TPSA) is 20.3 Å². The zero-order chi connectivity index (χ0) is 12.6. The van der Waals surface area contributed by atoms with Gasteiger partial charge in [0.05, 0.1) is 0 Å². The van der Waals surface area contributed by atoms with Gasteiger partial charge in [0.1, 0.15) is 6.29 Å². The highest BCUT2D eigenvalue weighted by molar-refractivity contribution is 5.74. The minimum Gasteiger partial charge on any atom is -0.302 e. The molecule has 0 N–H and O–H groups in total. The molecule has 1 saturated heterocycles. The van der Waals surface area contributed by atoms with Gasteiger partial charge >= 0.3 is 0 Å². The lowest BCUT2D eigenvalue weighted by molar-refractivity contribution is 0.112. The number of benzene rings is 1. The van der Waals surface area contributed by atoms with E-state index in [1.165, 1.54) is 32.4 Å². The summed E-state index contributed by atoms with van der Waals surface area (Å²) in [5.41, 5.74) is 1.69. The number of carbonyl (C=O) groups excluding carboxylic acids is 1. The van der Waals surface area contributed by atoms with E-state index in [4.69, 9.17) is 0 Å². The monoisotopic (exact) mass is 241 g/mol. The van der Waals surface area contributed by atoms with Crippen molar-refractivity contribution in [3.8, 4) is 11.8 Å². The molecule has 2 heteroatoms. The summed E-state index contributed by atoms with van der Waals surface area (Å²) in [7, 11) is 0. The molecule has 0 aromatic heterocycles. The number of carbonyl (C=O) groups is 1. The van der Waals surface area contributed by atoms with E-state index in [-0.39, 0.29) is 0 Å². The van der Waals surface area contributed by atoms with E-state index in [1.807, 2.05) is 24.3 Å². The smallest absolute Gasteiger partial charge is 0.150 e. The second-order valence-corrected chi connectivity index (χ2v) is 4.69. The first-order chi connectivity index (χ1) is 8.88. The summed E-state index contributed by atoms with van der Waals surface area (Å²) in [6.45, 7) is 3.55. The first kappa shape index (κ1) is 12.9. The van der Waals surface area contributed by atoms with Crippen molar-refractivity contribution in [2.75, 3.05) is 19.6 Å². The molecule has 1 aliphatic heterocycles. The Kier molecular flexibility index (Phi) is 4.99. The third-order valence-electron chi connectivity index (χ3n) is 3.28. The molecule has 1 aromatic carbocycles. The normalized spacial score (nSPS) is 15.8. The molecule has 0 unspecified atom stereocenters. The van der Waals surface area contributed by atoms with Crippen molar-refractivity contribution in [2.45, 2.75) is 25.7 Å². The zero-order valence-electron chi connectivity index (χ0n) is 10.7. The van der Waals surface area contributed by atoms with Gasteiger partial charge in [0, 0.05) is 24.1 Å². The summed E-state index contributed by atoms with van der Waals surface area (Å²) >= 11 is 0. The van der Waals surface area contributed by atoms with Crippen LogP contribution in [0, 0.1) is 11.8 Å². The average Bonchev–Trinajstić information content (AvgIpc) is 2.45. The molecule has 0 atom stereocenters. The minimum atomic E-state index is 0.703. The second kappa shape index (κ2) is 6.98. The number of hydrogen-bond acceptors (Lipinski definition) is 2. The van der Waals surface area contributed by atoms with Gasteiger partial charge in [-0.15, -0.1) is 0 Å². The maximum atomic E-state index is 10.5. The summed E-state index contributed by atoms with van der Waals surface area (Å²) in [5, 5.41) is 0.